The third-order valence-corrected chi connectivity index (χ3v) is 3.02. The summed E-state index contributed by atoms with van der Waals surface area (Å²) in [5.74, 6) is 0.437. The van der Waals surface area contributed by atoms with Crippen molar-refractivity contribution in [2.45, 2.75) is 13.1 Å². The fourth-order valence-electron chi connectivity index (χ4n) is 1.93. The molecule has 0 radical (unpaired) electrons. The molecule has 3 aromatic heterocycles. The molecule has 0 amide bonds. The average Bonchev–Trinajstić information content (AvgIpc) is 2.94. The highest BCUT2D eigenvalue weighted by Crippen LogP contribution is 2.24. The van der Waals surface area contributed by atoms with Gasteiger partial charge in [-0.3, -0.25) is 9.67 Å². The van der Waals surface area contributed by atoms with Gasteiger partial charge < -0.3 is 10.3 Å². The number of anilines is 1. The quantitative estimate of drug-likeness (QED) is 0.777. The molecule has 0 aliphatic heterocycles. The molecule has 0 saturated carbocycles. The van der Waals surface area contributed by atoms with E-state index < -0.39 is 0 Å². The zero-order valence-corrected chi connectivity index (χ0v) is 10.2. The maximum atomic E-state index is 6.13. The highest BCUT2D eigenvalue weighted by atomic mass is 35.5. The van der Waals surface area contributed by atoms with E-state index in [0.717, 1.165) is 5.52 Å². The van der Waals surface area contributed by atoms with Crippen LogP contribution < -0.4 is 5.73 Å². The number of nitrogen functional groups attached to an aromatic ring is 1. The Morgan fingerprint density at radius 2 is 2.17 bits per heavy atom. The molecule has 2 N–H and O–H groups in total. The number of fused-ring (bicyclic) bond motifs is 1. The second kappa shape index (κ2) is 4.30. The molecule has 0 aliphatic rings. The molecule has 3 heterocycles. The van der Waals surface area contributed by atoms with E-state index in [2.05, 4.69) is 15.1 Å². The molecule has 3 rings (SSSR count). The van der Waals surface area contributed by atoms with Crippen LogP contribution in [0.3, 0.4) is 0 Å². The molecule has 0 aliphatic carbocycles. The van der Waals surface area contributed by atoms with Gasteiger partial charge in [0.25, 0.3) is 0 Å². The fourth-order valence-corrected chi connectivity index (χ4v) is 2.18. The summed E-state index contributed by atoms with van der Waals surface area (Å²) in [6, 6.07) is 1.88. The van der Waals surface area contributed by atoms with E-state index >= 15 is 0 Å². The zero-order chi connectivity index (χ0) is 12.5. The number of hydrogen-bond donors (Lipinski definition) is 1. The van der Waals surface area contributed by atoms with Crippen molar-refractivity contribution in [1.29, 1.82) is 0 Å². The first-order valence-electron chi connectivity index (χ1n) is 5.48. The van der Waals surface area contributed by atoms with Crippen LogP contribution in [0, 0.1) is 0 Å². The summed E-state index contributed by atoms with van der Waals surface area (Å²) in [6.45, 7) is 1.37. The topological polar surface area (TPSA) is 74.5 Å². The lowest BCUT2D eigenvalue weighted by atomic mass is 10.4. The smallest absolute Gasteiger partial charge is 0.201 e. The predicted molar refractivity (Wildman–Crippen MR) is 69.2 cm³/mol. The zero-order valence-electron chi connectivity index (χ0n) is 9.49. The lowest BCUT2D eigenvalue weighted by Gasteiger charge is -2.07. The van der Waals surface area contributed by atoms with Crippen molar-refractivity contribution in [1.82, 2.24) is 24.3 Å². The highest BCUT2D eigenvalue weighted by Gasteiger charge is 2.11. The van der Waals surface area contributed by atoms with E-state index in [9.17, 15) is 0 Å². The minimum atomic E-state index is 0.437. The Hall–Kier alpha value is -2.08. The normalized spacial score (nSPS) is 11.2. The van der Waals surface area contributed by atoms with Gasteiger partial charge in [-0.15, -0.1) is 0 Å². The molecule has 92 valence electrons. The van der Waals surface area contributed by atoms with Gasteiger partial charge in [0, 0.05) is 25.1 Å². The first kappa shape index (κ1) is 11.0. The highest BCUT2D eigenvalue weighted by molar-refractivity contribution is 6.34. The third kappa shape index (κ3) is 1.80. The lowest BCUT2D eigenvalue weighted by Crippen LogP contribution is -2.10. The number of imidazole rings is 1. The van der Waals surface area contributed by atoms with Crippen LogP contribution in [-0.4, -0.2) is 24.3 Å². The van der Waals surface area contributed by atoms with Crippen molar-refractivity contribution >= 4 is 28.6 Å². The van der Waals surface area contributed by atoms with Crippen molar-refractivity contribution in [3.05, 3.63) is 35.9 Å². The van der Waals surface area contributed by atoms with Crippen LogP contribution in [0.4, 0.5) is 5.95 Å². The van der Waals surface area contributed by atoms with Gasteiger partial charge in [-0.05, 0) is 6.07 Å². The van der Waals surface area contributed by atoms with Gasteiger partial charge in [-0.1, -0.05) is 11.6 Å². The van der Waals surface area contributed by atoms with Gasteiger partial charge in [0.2, 0.25) is 5.95 Å². The summed E-state index contributed by atoms with van der Waals surface area (Å²) < 4.78 is 3.71. The minimum Gasteiger partial charge on any atom is -0.369 e. The molecule has 0 fully saturated rings. The maximum absolute atomic E-state index is 6.13. The number of nitrogens with two attached hydrogens (primary N) is 1. The molecule has 3 aromatic rings. The molecular weight excluding hydrogens is 252 g/mol. The molecule has 0 unspecified atom stereocenters. The Labute approximate surface area is 108 Å². The lowest BCUT2D eigenvalue weighted by molar-refractivity contribution is 0.545. The standard InChI is InChI=1S/C11H11ClN6/c12-8-6-14-7-9-10(8)18(11(13)16-9)5-4-17-3-1-2-15-17/h1-3,6-7H,4-5H2,(H2,13,16). The van der Waals surface area contributed by atoms with Crippen LogP contribution in [0.25, 0.3) is 11.0 Å². The largest absolute Gasteiger partial charge is 0.369 e. The van der Waals surface area contributed by atoms with Crippen LogP contribution >= 0.6 is 11.6 Å². The van der Waals surface area contributed by atoms with E-state index in [1.165, 1.54) is 0 Å². The molecule has 0 saturated heterocycles. The van der Waals surface area contributed by atoms with E-state index in [1.54, 1.807) is 18.6 Å². The summed E-state index contributed by atoms with van der Waals surface area (Å²) in [6.07, 6.45) is 6.89. The minimum absolute atomic E-state index is 0.437. The van der Waals surface area contributed by atoms with Crippen LogP contribution in [0.2, 0.25) is 5.02 Å². The maximum Gasteiger partial charge on any atom is 0.201 e. The van der Waals surface area contributed by atoms with E-state index in [4.69, 9.17) is 17.3 Å². The van der Waals surface area contributed by atoms with Crippen LogP contribution in [0.1, 0.15) is 0 Å². The number of rotatable bonds is 3. The second-order valence-electron chi connectivity index (χ2n) is 3.88. The summed E-state index contributed by atoms with van der Waals surface area (Å²) in [5, 5.41) is 4.70. The van der Waals surface area contributed by atoms with Gasteiger partial charge in [-0.25, -0.2) is 4.98 Å². The first-order valence-corrected chi connectivity index (χ1v) is 5.86. The van der Waals surface area contributed by atoms with Crippen molar-refractivity contribution in [2.24, 2.45) is 0 Å². The molecule has 7 heteroatoms. The predicted octanol–water partition coefficient (Wildman–Crippen LogP) is 1.56. The molecule has 0 spiro atoms. The van der Waals surface area contributed by atoms with E-state index in [-0.39, 0.29) is 0 Å². The SMILES string of the molecule is Nc1nc2cncc(Cl)c2n1CCn1cccn1. The van der Waals surface area contributed by atoms with Gasteiger partial charge >= 0.3 is 0 Å². The number of aromatic nitrogens is 5. The van der Waals surface area contributed by atoms with Gasteiger partial charge in [-0.2, -0.15) is 5.10 Å². The average molecular weight is 263 g/mol. The summed E-state index contributed by atoms with van der Waals surface area (Å²) >= 11 is 6.13. The van der Waals surface area contributed by atoms with Gasteiger partial charge in [0.15, 0.2) is 0 Å². The first-order chi connectivity index (χ1) is 8.75. The number of hydrogen-bond acceptors (Lipinski definition) is 4. The summed E-state index contributed by atoms with van der Waals surface area (Å²) in [5.41, 5.74) is 7.42. The Morgan fingerprint density at radius 3 is 2.94 bits per heavy atom. The van der Waals surface area contributed by atoms with Gasteiger partial charge in [0.05, 0.1) is 23.3 Å². The van der Waals surface area contributed by atoms with Crippen LogP contribution in [0.15, 0.2) is 30.9 Å². The van der Waals surface area contributed by atoms with Crippen LogP contribution in [0.5, 0.6) is 0 Å². The van der Waals surface area contributed by atoms with Crippen molar-refractivity contribution in [2.75, 3.05) is 5.73 Å². The Balaban J connectivity index is 1.98. The summed E-state index contributed by atoms with van der Waals surface area (Å²) in [4.78, 5) is 8.23. The molecular formula is C11H11ClN6. The molecule has 0 bridgehead atoms. The number of pyridine rings is 1. The van der Waals surface area contributed by atoms with E-state index in [0.29, 0.717) is 29.6 Å². The molecule has 18 heavy (non-hydrogen) atoms. The van der Waals surface area contributed by atoms with Gasteiger partial charge in [0.1, 0.15) is 5.52 Å². The van der Waals surface area contributed by atoms with E-state index in [1.807, 2.05) is 21.5 Å². The monoisotopic (exact) mass is 262 g/mol. The Morgan fingerprint density at radius 1 is 1.28 bits per heavy atom. The summed E-state index contributed by atoms with van der Waals surface area (Å²) in [7, 11) is 0. The van der Waals surface area contributed by atoms with Crippen molar-refractivity contribution in [3.63, 3.8) is 0 Å². The number of halogens is 1. The third-order valence-electron chi connectivity index (χ3n) is 2.75. The van der Waals surface area contributed by atoms with Crippen molar-refractivity contribution in [3.8, 4) is 0 Å². The molecule has 0 aromatic carbocycles. The Bertz CT molecular complexity index is 672. The number of nitrogens with zero attached hydrogens (tertiary/aromatic N) is 5. The Kier molecular flexibility index (Phi) is 2.64. The van der Waals surface area contributed by atoms with Crippen molar-refractivity contribution < 1.29 is 0 Å². The van der Waals surface area contributed by atoms with Crippen LogP contribution in [-0.2, 0) is 13.1 Å². The fraction of sp³-hybridized carbons (Fsp3) is 0.182. The number of aryl methyl sites for hydroxylation is 2. The second-order valence-corrected chi connectivity index (χ2v) is 4.29. The molecule has 6 nitrogen and oxygen atoms in total. The molecule has 0 atom stereocenters.